The van der Waals surface area contributed by atoms with Crippen molar-refractivity contribution in [2.75, 3.05) is 12.8 Å². The van der Waals surface area contributed by atoms with Crippen molar-refractivity contribution < 1.29 is 4.74 Å². The Morgan fingerprint density at radius 3 is 2.40 bits per heavy atom. The van der Waals surface area contributed by atoms with Crippen LogP contribution in [0.5, 0.6) is 5.75 Å². The molecule has 20 heavy (non-hydrogen) atoms. The predicted molar refractivity (Wildman–Crippen MR) is 86.0 cm³/mol. The lowest BCUT2D eigenvalue weighted by atomic mass is 9.85. The van der Waals surface area contributed by atoms with Gasteiger partial charge in [0.25, 0.3) is 0 Å². The van der Waals surface area contributed by atoms with Crippen molar-refractivity contribution in [1.82, 2.24) is 9.55 Å². The molecule has 0 saturated heterocycles. The first-order valence-electron chi connectivity index (χ1n) is 6.42. The molecule has 0 spiro atoms. The van der Waals surface area contributed by atoms with Gasteiger partial charge in [0.1, 0.15) is 10.4 Å². The number of imidazole rings is 1. The van der Waals surface area contributed by atoms with E-state index in [1.807, 2.05) is 23.7 Å². The van der Waals surface area contributed by atoms with Gasteiger partial charge < -0.3 is 15.0 Å². The van der Waals surface area contributed by atoms with Crippen LogP contribution in [0, 0.1) is 0 Å². The summed E-state index contributed by atoms with van der Waals surface area (Å²) in [5.74, 6) is 1.38. The van der Waals surface area contributed by atoms with Gasteiger partial charge in [-0.3, -0.25) is 0 Å². The third-order valence-electron chi connectivity index (χ3n) is 3.37. The minimum Gasteiger partial charge on any atom is -0.496 e. The molecule has 0 bridgehead atoms. The number of nitrogens with two attached hydrogens (primary N) is 1. The van der Waals surface area contributed by atoms with Crippen LogP contribution in [0.25, 0.3) is 11.3 Å². The zero-order valence-corrected chi connectivity index (χ0v) is 14.1. The second-order valence-electron chi connectivity index (χ2n) is 5.83. The monoisotopic (exact) mass is 337 g/mol. The number of hydrogen-bond donors (Lipinski definition) is 1. The van der Waals surface area contributed by atoms with Crippen molar-refractivity contribution >= 4 is 21.9 Å². The van der Waals surface area contributed by atoms with Gasteiger partial charge >= 0.3 is 0 Å². The van der Waals surface area contributed by atoms with Crippen molar-refractivity contribution in [2.24, 2.45) is 7.05 Å². The van der Waals surface area contributed by atoms with Crippen molar-refractivity contribution in [3.8, 4) is 17.0 Å². The molecule has 0 aliphatic heterocycles. The molecule has 0 amide bonds. The standard InChI is InChI=1S/C15H20BrN3O/c1-15(2,3)10-8-9(6-7-11(10)20-5)12-13(16)18-14(17)19(12)4/h6-8H,1-5H3,(H2,17,18). The summed E-state index contributed by atoms with van der Waals surface area (Å²) in [5, 5.41) is 0. The van der Waals surface area contributed by atoms with Gasteiger partial charge in [0.05, 0.1) is 12.8 Å². The number of hydrogen-bond acceptors (Lipinski definition) is 3. The number of rotatable bonds is 2. The molecular formula is C15H20BrN3O. The quantitative estimate of drug-likeness (QED) is 0.908. The van der Waals surface area contributed by atoms with E-state index in [0.29, 0.717) is 5.95 Å². The van der Waals surface area contributed by atoms with E-state index in [1.54, 1.807) is 7.11 Å². The zero-order chi connectivity index (χ0) is 15.1. The van der Waals surface area contributed by atoms with Crippen LogP contribution in [-0.4, -0.2) is 16.7 Å². The molecule has 5 heteroatoms. The number of aromatic nitrogens is 2. The lowest BCUT2D eigenvalue weighted by molar-refractivity contribution is 0.397. The molecule has 1 aromatic heterocycles. The highest BCUT2D eigenvalue weighted by molar-refractivity contribution is 9.10. The van der Waals surface area contributed by atoms with E-state index in [-0.39, 0.29) is 5.41 Å². The Morgan fingerprint density at radius 1 is 1.30 bits per heavy atom. The van der Waals surface area contributed by atoms with Crippen LogP contribution >= 0.6 is 15.9 Å². The summed E-state index contributed by atoms with van der Waals surface area (Å²) in [5.41, 5.74) is 9.04. The normalized spacial score (nSPS) is 11.7. The average Bonchev–Trinajstić information content (AvgIpc) is 2.61. The summed E-state index contributed by atoms with van der Waals surface area (Å²) in [6.07, 6.45) is 0. The Bertz CT molecular complexity index is 641. The second kappa shape index (κ2) is 5.13. The topological polar surface area (TPSA) is 53.1 Å². The number of halogens is 1. The molecular weight excluding hydrogens is 318 g/mol. The SMILES string of the molecule is COc1ccc(-c2c(Br)nc(N)n2C)cc1C(C)(C)C. The van der Waals surface area contributed by atoms with Gasteiger partial charge in [0.15, 0.2) is 0 Å². The number of nitrogen functional groups attached to an aromatic ring is 1. The molecule has 2 N–H and O–H groups in total. The first kappa shape index (κ1) is 14.9. The van der Waals surface area contributed by atoms with Gasteiger partial charge in [-0.25, -0.2) is 4.98 Å². The van der Waals surface area contributed by atoms with Gasteiger partial charge in [-0.1, -0.05) is 20.8 Å². The third kappa shape index (κ3) is 2.54. The fraction of sp³-hybridized carbons (Fsp3) is 0.400. The number of benzene rings is 1. The Hall–Kier alpha value is -1.49. The van der Waals surface area contributed by atoms with Crippen LogP contribution in [0.4, 0.5) is 5.95 Å². The molecule has 0 aliphatic rings. The lowest BCUT2D eigenvalue weighted by Gasteiger charge is -2.23. The first-order valence-corrected chi connectivity index (χ1v) is 7.21. The average molecular weight is 338 g/mol. The van der Waals surface area contributed by atoms with Crippen LogP contribution in [0.1, 0.15) is 26.3 Å². The van der Waals surface area contributed by atoms with E-state index in [0.717, 1.165) is 27.2 Å². The van der Waals surface area contributed by atoms with E-state index in [4.69, 9.17) is 10.5 Å². The molecule has 0 saturated carbocycles. The number of methoxy groups -OCH3 is 1. The van der Waals surface area contributed by atoms with Crippen LogP contribution in [0.15, 0.2) is 22.8 Å². The van der Waals surface area contributed by atoms with Crippen molar-refractivity contribution in [3.05, 3.63) is 28.4 Å². The largest absolute Gasteiger partial charge is 0.496 e. The number of nitrogens with zero attached hydrogens (tertiary/aromatic N) is 2. The van der Waals surface area contributed by atoms with E-state index in [1.165, 1.54) is 0 Å². The maximum atomic E-state index is 5.86. The fourth-order valence-corrected chi connectivity index (χ4v) is 2.91. The first-order chi connectivity index (χ1) is 9.25. The van der Waals surface area contributed by atoms with Crippen molar-refractivity contribution in [2.45, 2.75) is 26.2 Å². The molecule has 0 aliphatic carbocycles. The highest BCUT2D eigenvalue weighted by Crippen LogP contribution is 2.37. The van der Waals surface area contributed by atoms with E-state index in [2.05, 4.69) is 47.8 Å². The summed E-state index contributed by atoms with van der Waals surface area (Å²) >= 11 is 3.47. The van der Waals surface area contributed by atoms with E-state index in [9.17, 15) is 0 Å². The third-order valence-corrected chi connectivity index (χ3v) is 3.92. The molecule has 1 aromatic carbocycles. The molecule has 4 nitrogen and oxygen atoms in total. The lowest BCUT2D eigenvalue weighted by Crippen LogP contribution is -2.13. The maximum Gasteiger partial charge on any atom is 0.201 e. The van der Waals surface area contributed by atoms with Crippen LogP contribution in [0.3, 0.4) is 0 Å². The van der Waals surface area contributed by atoms with Crippen LogP contribution < -0.4 is 10.5 Å². The van der Waals surface area contributed by atoms with Gasteiger partial charge in [0, 0.05) is 18.2 Å². The highest BCUT2D eigenvalue weighted by Gasteiger charge is 2.21. The maximum absolute atomic E-state index is 5.86. The summed E-state index contributed by atoms with van der Waals surface area (Å²) < 4.78 is 8.10. The smallest absolute Gasteiger partial charge is 0.201 e. The van der Waals surface area contributed by atoms with Crippen LogP contribution in [-0.2, 0) is 12.5 Å². The Labute approximate surface area is 128 Å². The molecule has 108 valence electrons. The summed E-state index contributed by atoms with van der Waals surface area (Å²) in [4.78, 5) is 4.25. The predicted octanol–water partition coefficient (Wildman–Crippen LogP) is 3.74. The molecule has 1 heterocycles. The van der Waals surface area contributed by atoms with Gasteiger partial charge in [-0.2, -0.15) is 0 Å². The highest BCUT2D eigenvalue weighted by atomic mass is 79.9. The van der Waals surface area contributed by atoms with Crippen LogP contribution in [0.2, 0.25) is 0 Å². The Balaban J connectivity index is 2.65. The van der Waals surface area contributed by atoms with E-state index >= 15 is 0 Å². The van der Waals surface area contributed by atoms with Gasteiger partial charge in [-0.05, 0) is 39.5 Å². The second-order valence-corrected chi connectivity index (χ2v) is 6.58. The zero-order valence-electron chi connectivity index (χ0n) is 12.5. The Kier molecular flexibility index (Phi) is 3.82. The van der Waals surface area contributed by atoms with Gasteiger partial charge in [-0.15, -0.1) is 0 Å². The molecule has 2 aromatic rings. The molecule has 2 rings (SSSR count). The molecule has 0 atom stereocenters. The van der Waals surface area contributed by atoms with E-state index < -0.39 is 0 Å². The summed E-state index contributed by atoms with van der Waals surface area (Å²) in [6, 6.07) is 6.15. The van der Waals surface area contributed by atoms with Gasteiger partial charge in [0.2, 0.25) is 5.95 Å². The fourth-order valence-electron chi connectivity index (χ4n) is 2.24. The van der Waals surface area contributed by atoms with Crippen molar-refractivity contribution in [3.63, 3.8) is 0 Å². The summed E-state index contributed by atoms with van der Waals surface area (Å²) in [6.45, 7) is 6.50. The Morgan fingerprint density at radius 2 is 1.95 bits per heavy atom. The molecule has 0 fully saturated rings. The minimum atomic E-state index is -0.00202. The molecule has 0 unspecified atom stereocenters. The van der Waals surface area contributed by atoms with Crippen molar-refractivity contribution in [1.29, 1.82) is 0 Å². The number of ether oxygens (including phenoxy) is 1. The minimum absolute atomic E-state index is 0.00202. The summed E-state index contributed by atoms with van der Waals surface area (Å²) in [7, 11) is 3.60. The molecule has 0 radical (unpaired) electrons. The number of anilines is 1.